The van der Waals surface area contributed by atoms with E-state index in [1.54, 1.807) is 16.3 Å². The van der Waals surface area contributed by atoms with Crippen LogP contribution in [0.5, 0.6) is 0 Å². The summed E-state index contributed by atoms with van der Waals surface area (Å²) in [6.07, 6.45) is 1.64. The molecule has 2 aliphatic heterocycles. The van der Waals surface area contributed by atoms with Gasteiger partial charge in [0.25, 0.3) is 0 Å². The average molecular weight is 486 g/mol. The van der Waals surface area contributed by atoms with Gasteiger partial charge in [0.15, 0.2) is 17.7 Å². The van der Waals surface area contributed by atoms with Crippen LogP contribution in [0.1, 0.15) is 23.8 Å². The van der Waals surface area contributed by atoms with E-state index in [-0.39, 0.29) is 5.82 Å². The maximum atomic E-state index is 10.6. The molecule has 182 valence electrons. The number of imidazole rings is 1. The first kappa shape index (κ1) is 23.5. The molecule has 34 heavy (non-hydrogen) atoms. The molecule has 1 saturated heterocycles. The van der Waals surface area contributed by atoms with E-state index in [1.807, 2.05) is 0 Å². The van der Waals surface area contributed by atoms with Crippen molar-refractivity contribution in [2.24, 2.45) is 0 Å². The third-order valence-electron chi connectivity index (χ3n) is 6.48. The Morgan fingerprint density at radius 2 is 2.03 bits per heavy atom. The van der Waals surface area contributed by atoms with Crippen molar-refractivity contribution in [2.75, 3.05) is 30.3 Å². The zero-order chi connectivity index (χ0) is 23.5. The molecule has 0 saturated carbocycles. The van der Waals surface area contributed by atoms with E-state index in [9.17, 15) is 10.2 Å². The number of thioether (sulfide) groups is 1. The van der Waals surface area contributed by atoms with Crippen LogP contribution >= 0.6 is 11.8 Å². The molecule has 3 aromatic rings. The zero-order valence-electron chi connectivity index (χ0n) is 18.9. The summed E-state index contributed by atoms with van der Waals surface area (Å²) in [5, 5.41) is 28.2. The summed E-state index contributed by atoms with van der Waals surface area (Å²) in [5.41, 5.74) is 9.61. The number of aliphatic hydroxyl groups is 2. The van der Waals surface area contributed by atoms with Gasteiger partial charge < -0.3 is 31.3 Å². The van der Waals surface area contributed by atoms with Crippen LogP contribution in [0.25, 0.3) is 11.2 Å². The summed E-state index contributed by atoms with van der Waals surface area (Å²) in [4.78, 5) is 12.3. The predicted octanol–water partition coefficient (Wildman–Crippen LogP) is 0.455. The van der Waals surface area contributed by atoms with Gasteiger partial charge in [0.1, 0.15) is 24.1 Å². The van der Waals surface area contributed by atoms with Crippen molar-refractivity contribution in [3.63, 3.8) is 0 Å². The van der Waals surface area contributed by atoms with Gasteiger partial charge in [0.2, 0.25) is 0 Å². The highest BCUT2D eigenvalue weighted by Crippen LogP contribution is 2.33. The van der Waals surface area contributed by atoms with E-state index < -0.39 is 24.5 Å². The molecule has 1 aromatic carbocycles. The number of aliphatic hydroxyl groups excluding tert-OH is 2. The molecule has 2 aromatic heterocycles. The smallest absolute Gasteiger partial charge is 0.167 e. The predicted molar refractivity (Wildman–Crippen MR) is 131 cm³/mol. The highest BCUT2D eigenvalue weighted by atomic mass is 32.2. The molecule has 1 unspecified atom stereocenters. The van der Waals surface area contributed by atoms with Gasteiger partial charge >= 0.3 is 0 Å². The fraction of sp³-hybridized carbons (Fsp3) is 0.522. The molecule has 0 radical (unpaired) electrons. The van der Waals surface area contributed by atoms with E-state index in [2.05, 4.69) is 49.9 Å². The zero-order valence-corrected chi connectivity index (χ0v) is 19.7. The standard InChI is InChI=1S/C23H31N7O3S/c24-21-18-22(28-12-27-21)30(13-29-18)23-20(32)19(31)17(33-23)11-34-7-3-6-25-10-16-8-14-4-1-2-5-15(14)9-26-16/h1-2,4-5,12-13,16-17,19-20,23,25-26,31-32H,3,6-11H2,(H2,24,27,28)/t16?,17-,19-,20-,23-/m1/s1. The Labute approximate surface area is 202 Å². The number of ether oxygens (including phenoxy) is 1. The highest BCUT2D eigenvalue weighted by Gasteiger charge is 2.44. The number of nitrogens with zero attached hydrogens (tertiary/aromatic N) is 4. The lowest BCUT2D eigenvalue weighted by atomic mass is 9.96. The topological polar surface area (TPSA) is 143 Å². The lowest BCUT2D eigenvalue weighted by molar-refractivity contribution is -0.0289. The molecule has 5 rings (SSSR count). The van der Waals surface area contributed by atoms with Crippen LogP contribution in [0.3, 0.4) is 0 Å². The molecule has 11 heteroatoms. The van der Waals surface area contributed by atoms with Crippen molar-refractivity contribution in [3.05, 3.63) is 48.0 Å². The number of nitrogen functional groups attached to an aromatic ring is 1. The first-order valence-electron chi connectivity index (χ1n) is 11.6. The maximum absolute atomic E-state index is 10.6. The third-order valence-corrected chi connectivity index (χ3v) is 7.62. The quantitative estimate of drug-likeness (QED) is 0.271. The second-order valence-corrected chi connectivity index (χ2v) is 9.96. The average Bonchev–Trinajstić information content (AvgIpc) is 3.40. The summed E-state index contributed by atoms with van der Waals surface area (Å²) < 4.78 is 7.60. The molecule has 2 aliphatic rings. The van der Waals surface area contributed by atoms with Crippen molar-refractivity contribution >= 4 is 28.7 Å². The van der Waals surface area contributed by atoms with Crippen LogP contribution in [0, 0.1) is 0 Å². The van der Waals surface area contributed by atoms with Crippen LogP contribution < -0.4 is 16.4 Å². The van der Waals surface area contributed by atoms with Crippen LogP contribution in [0.15, 0.2) is 36.9 Å². The van der Waals surface area contributed by atoms with Crippen molar-refractivity contribution in [3.8, 4) is 0 Å². The van der Waals surface area contributed by atoms with Gasteiger partial charge in [0.05, 0.1) is 12.4 Å². The van der Waals surface area contributed by atoms with Gasteiger partial charge in [-0.25, -0.2) is 15.0 Å². The lowest BCUT2D eigenvalue weighted by Crippen LogP contribution is -2.43. The molecule has 1 fully saturated rings. The van der Waals surface area contributed by atoms with Gasteiger partial charge in [-0.05, 0) is 36.3 Å². The van der Waals surface area contributed by atoms with Crippen molar-refractivity contribution < 1.29 is 14.9 Å². The van der Waals surface area contributed by atoms with E-state index >= 15 is 0 Å². The van der Waals surface area contributed by atoms with Crippen LogP contribution in [0.2, 0.25) is 0 Å². The summed E-state index contributed by atoms with van der Waals surface area (Å²) in [6.45, 7) is 2.82. The molecule has 0 amide bonds. The van der Waals surface area contributed by atoms with Gasteiger partial charge in [-0.1, -0.05) is 24.3 Å². The number of rotatable bonds is 9. The van der Waals surface area contributed by atoms with Crippen LogP contribution in [-0.2, 0) is 17.7 Å². The number of anilines is 1. The molecule has 10 nitrogen and oxygen atoms in total. The SMILES string of the molecule is Nc1ncnc2c1ncn2[C@@H]1O[C@H](CSCCCNCC2Cc3ccccc3CN2)[C@@H](O)[C@H]1O. The normalized spacial score (nSPS) is 26.7. The fourth-order valence-electron chi connectivity index (χ4n) is 4.59. The minimum absolute atomic E-state index is 0.265. The fourth-order valence-corrected chi connectivity index (χ4v) is 5.62. The molecule has 0 spiro atoms. The molecule has 5 atom stereocenters. The van der Waals surface area contributed by atoms with E-state index in [4.69, 9.17) is 10.5 Å². The maximum Gasteiger partial charge on any atom is 0.167 e. The third kappa shape index (κ3) is 4.90. The van der Waals surface area contributed by atoms with E-state index in [1.165, 1.54) is 23.8 Å². The second-order valence-electron chi connectivity index (χ2n) is 8.81. The molecule has 6 N–H and O–H groups in total. The monoisotopic (exact) mass is 485 g/mol. The van der Waals surface area contributed by atoms with E-state index in [0.29, 0.717) is 23.0 Å². The molecular formula is C23H31N7O3S. The number of nitrogens with one attached hydrogen (secondary N) is 2. The number of fused-ring (bicyclic) bond motifs is 2. The van der Waals surface area contributed by atoms with Gasteiger partial charge in [-0.2, -0.15) is 11.8 Å². The number of hydrogen-bond acceptors (Lipinski definition) is 10. The van der Waals surface area contributed by atoms with E-state index in [0.717, 1.165) is 38.2 Å². The minimum atomic E-state index is -1.08. The number of aromatic nitrogens is 4. The first-order chi connectivity index (χ1) is 16.6. The second kappa shape index (κ2) is 10.5. The Hall–Kier alpha value is -2.28. The molecule has 0 aliphatic carbocycles. The van der Waals surface area contributed by atoms with Gasteiger partial charge in [0, 0.05) is 24.9 Å². The largest absolute Gasteiger partial charge is 0.387 e. The number of benzene rings is 1. The van der Waals surface area contributed by atoms with Crippen molar-refractivity contribution in [2.45, 2.75) is 50.0 Å². The van der Waals surface area contributed by atoms with Crippen molar-refractivity contribution in [1.82, 2.24) is 30.2 Å². The van der Waals surface area contributed by atoms with Crippen LogP contribution in [0.4, 0.5) is 5.82 Å². The number of nitrogens with two attached hydrogens (primary N) is 1. The Bertz CT molecular complexity index is 1110. The Balaban J connectivity index is 1.03. The Morgan fingerprint density at radius 3 is 2.91 bits per heavy atom. The Kier molecular flexibility index (Phi) is 7.28. The summed E-state index contributed by atoms with van der Waals surface area (Å²) in [6, 6.07) is 9.08. The molecule has 0 bridgehead atoms. The summed E-state index contributed by atoms with van der Waals surface area (Å²) in [5.74, 6) is 1.81. The van der Waals surface area contributed by atoms with Gasteiger partial charge in [-0.3, -0.25) is 4.57 Å². The number of hydrogen-bond donors (Lipinski definition) is 5. The molecular weight excluding hydrogens is 454 g/mol. The lowest BCUT2D eigenvalue weighted by Gasteiger charge is -2.26. The van der Waals surface area contributed by atoms with Crippen molar-refractivity contribution in [1.29, 1.82) is 0 Å². The summed E-state index contributed by atoms with van der Waals surface area (Å²) in [7, 11) is 0. The minimum Gasteiger partial charge on any atom is -0.387 e. The summed E-state index contributed by atoms with van der Waals surface area (Å²) >= 11 is 1.72. The highest BCUT2D eigenvalue weighted by molar-refractivity contribution is 7.99. The molecule has 4 heterocycles. The Morgan fingerprint density at radius 1 is 1.18 bits per heavy atom. The first-order valence-corrected chi connectivity index (χ1v) is 12.8. The van der Waals surface area contributed by atoms with Gasteiger partial charge in [-0.15, -0.1) is 0 Å². The van der Waals surface area contributed by atoms with Crippen LogP contribution in [-0.4, -0.2) is 78.7 Å².